The van der Waals surface area contributed by atoms with E-state index in [0.29, 0.717) is 12.0 Å². The lowest BCUT2D eigenvalue weighted by molar-refractivity contribution is 0.0962. The first kappa shape index (κ1) is 17.2. The third kappa shape index (κ3) is 8.34. The van der Waals surface area contributed by atoms with Gasteiger partial charge in [-0.1, -0.05) is 45.0 Å². The van der Waals surface area contributed by atoms with E-state index in [9.17, 15) is 0 Å². The average molecular weight is 277 g/mol. The minimum absolute atomic E-state index is 0.161. The second-order valence-electron chi connectivity index (χ2n) is 7.78. The summed E-state index contributed by atoms with van der Waals surface area (Å²) in [4.78, 5) is 0. The van der Waals surface area contributed by atoms with E-state index in [1.807, 2.05) is 0 Å². The van der Waals surface area contributed by atoms with Crippen LogP contribution in [0.2, 0.25) is 0 Å². The van der Waals surface area contributed by atoms with Crippen molar-refractivity contribution in [2.45, 2.75) is 66.7 Å². The molecule has 1 aromatic rings. The number of benzene rings is 1. The molecule has 1 N–H and O–H groups in total. The molecule has 114 valence electrons. The minimum Gasteiger partial charge on any atom is -0.377 e. The van der Waals surface area contributed by atoms with E-state index in [-0.39, 0.29) is 5.54 Å². The first-order valence-electron chi connectivity index (χ1n) is 7.56. The SMILES string of the molecule is CC(C)(C)CCOCc1ccc(CNC(C)(C)C)cc1. The van der Waals surface area contributed by atoms with Gasteiger partial charge in [0.05, 0.1) is 6.61 Å². The van der Waals surface area contributed by atoms with Gasteiger partial charge in [-0.25, -0.2) is 0 Å². The average Bonchev–Trinajstić information content (AvgIpc) is 2.31. The van der Waals surface area contributed by atoms with Gasteiger partial charge in [0.25, 0.3) is 0 Å². The fourth-order valence-electron chi connectivity index (χ4n) is 1.69. The molecule has 0 unspecified atom stereocenters. The van der Waals surface area contributed by atoms with Crippen molar-refractivity contribution in [2.75, 3.05) is 6.61 Å². The Morgan fingerprint density at radius 2 is 1.45 bits per heavy atom. The number of rotatable bonds is 6. The Kier molecular flexibility index (Phi) is 6.22. The molecule has 20 heavy (non-hydrogen) atoms. The molecule has 0 aliphatic rings. The number of hydrogen-bond acceptors (Lipinski definition) is 2. The maximum atomic E-state index is 5.73. The van der Waals surface area contributed by atoms with Crippen LogP contribution in [0.25, 0.3) is 0 Å². The van der Waals surface area contributed by atoms with Crippen LogP contribution in [-0.4, -0.2) is 12.1 Å². The van der Waals surface area contributed by atoms with Gasteiger partial charge in [-0.3, -0.25) is 0 Å². The zero-order valence-corrected chi connectivity index (χ0v) is 14.0. The van der Waals surface area contributed by atoms with Crippen molar-refractivity contribution >= 4 is 0 Å². The van der Waals surface area contributed by atoms with Crippen molar-refractivity contribution in [3.8, 4) is 0 Å². The van der Waals surface area contributed by atoms with Crippen LogP contribution >= 0.6 is 0 Å². The van der Waals surface area contributed by atoms with Crippen molar-refractivity contribution in [1.82, 2.24) is 5.32 Å². The van der Waals surface area contributed by atoms with E-state index in [0.717, 1.165) is 19.6 Å². The van der Waals surface area contributed by atoms with Gasteiger partial charge in [-0.05, 0) is 43.7 Å². The summed E-state index contributed by atoms with van der Waals surface area (Å²) in [5, 5.41) is 3.50. The van der Waals surface area contributed by atoms with E-state index in [1.165, 1.54) is 11.1 Å². The molecule has 0 aromatic heterocycles. The summed E-state index contributed by atoms with van der Waals surface area (Å²) in [7, 11) is 0. The Bertz CT molecular complexity index is 381. The molecule has 0 heterocycles. The fraction of sp³-hybridized carbons (Fsp3) is 0.667. The van der Waals surface area contributed by atoms with Crippen molar-refractivity contribution in [3.63, 3.8) is 0 Å². The predicted molar refractivity (Wildman–Crippen MR) is 86.8 cm³/mol. The fourth-order valence-corrected chi connectivity index (χ4v) is 1.69. The molecule has 1 rings (SSSR count). The lowest BCUT2D eigenvalue weighted by atomic mass is 9.93. The smallest absolute Gasteiger partial charge is 0.0716 e. The van der Waals surface area contributed by atoms with Gasteiger partial charge < -0.3 is 10.1 Å². The molecule has 0 atom stereocenters. The third-order valence-corrected chi connectivity index (χ3v) is 3.11. The third-order valence-electron chi connectivity index (χ3n) is 3.11. The van der Waals surface area contributed by atoms with E-state index in [2.05, 4.69) is 71.1 Å². The van der Waals surface area contributed by atoms with Crippen LogP contribution in [0.15, 0.2) is 24.3 Å². The molecule has 0 amide bonds. The highest BCUT2D eigenvalue weighted by Crippen LogP contribution is 2.18. The van der Waals surface area contributed by atoms with Gasteiger partial charge in [0, 0.05) is 18.7 Å². The molecule has 0 bridgehead atoms. The molecular weight excluding hydrogens is 246 g/mol. The highest BCUT2D eigenvalue weighted by molar-refractivity contribution is 5.22. The number of hydrogen-bond donors (Lipinski definition) is 1. The van der Waals surface area contributed by atoms with Crippen molar-refractivity contribution in [3.05, 3.63) is 35.4 Å². The number of nitrogens with one attached hydrogen (secondary N) is 1. The van der Waals surface area contributed by atoms with Crippen molar-refractivity contribution in [2.24, 2.45) is 5.41 Å². The topological polar surface area (TPSA) is 21.3 Å². The Balaban J connectivity index is 2.32. The summed E-state index contributed by atoms with van der Waals surface area (Å²) >= 11 is 0. The summed E-state index contributed by atoms with van der Waals surface area (Å²) in [5.74, 6) is 0. The van der Waals surface area contributed by atoms with Crippen LogP contribution < -0.4 is 5.32 Å². The molecule has 0 aliphatic heterocycles. The quantitative estimate of drug-likeness (QED) is 0.771. The first-order chi connectivity index (χ1) is 9.16. The van der Waals surface area contributed by atoms with Gasteiger partial charge in [-0.15, -0.1) is 0 Å². The lowest BCUT2D eigenvalue weighted by Crippen LogP contribution is -2.35. The second-order valence-corrected chi connectivity index (χ2v) is 7.78. The molecule has 0 saturated heterocycles. The summed E-state index contributed by atoms with van der Waals surface area (Å²) in [6.45, 7) is 15.7. The van der Waals surface area contributed by atoms with Gasteiger partial charge in [0.15, 0.2) is 0 Å². The van der Waals surface area contributed by atoms with Crippen LogP contribution in [0, 0.1) is 5.41 Å². The summed E-state index contributed by atoms with van der Waals surface area (Å²) in [6, 6.07) is 8.69. The van der Waals surface area contributed by atoms with E-state index >= 15 is 0 Å². The largest absolute Gasteiger partial charge is 0.377 e. The Morgan fingerprint density at radius 1 is 0.900 bits per heavy atom. The molecular formula is C18H31NO. The van der Waals surface area contributed by atoms with E-state index in [4.69, 9.17) is 4.74 Å². The molecule has 0 saturated carbocycles. The van der Waals surface area contributed by atoms with E-state index in [1.54, 1.807) is 0 Å². The zero-order chi connectivity index (χ0) is 15.2. The summed E-state index contributed by atoms with van der Waals surface area (Å²) in [5.41, 5.74) is 3.08. The van der Waals surface area contributed by atoms with Crippen LogP contribution in [0.5, 0.6) is 0 Å². The van der Waals surface area contributed by atoms with Crippen LogP contribution in [0.1, 0.15) is 59.1 Å². The Morgan fingerprint density at radius 3 is 1.95 bits per heavy atom. The molecule has 0 spiro atoms. The van der Waals surface area contributed by atoms with Gasteiger partial charge in [-0.2, -0.15) is 0 Å². The maximum absolute atomic E-state index is 5.73. The summed E-state index contributed by atoms with van der Waals surface area (Å²) < 4.78 is 5.73. The van der Waals surface area contributed by atoms with E-state index < -0.39 is 0 Å². The highest BCUT2D eigenvalue weighted by atomic mass is 16.5. The standard InChI is InChI=1S/C18H31NO/c1-17(2,3)11-12-20-14-16-9-7-15(8-10-16)13-19-18(4,5)6/h7-10,19H,11-14H2,1-6H3. The maximum Gasteiger partial charge on any atom is 0.0716 e. The predicted octanol–water partition coefficient (Wildman–Crippen LogP) is 4.53. The normalized spacial score (nSPS) is 12.7. The summed E-state index contributed by atoms with van der Waals surface area (Å²) in [6.07, 6.45) is 1.10. The minimum atomic E-state index is 0.161. The van der Waals surface area contributed by atoms with Crippen LogP contribution in [0.3, 0.4) is 0 Å². The Labute approximate surface area is 124 Å². The Hall–Kier alpha value is -0.860. The first-order valence-corrected chi connectivity index (χ1v) is 7.56. The van der Waals surface area contributed by atoms with Crippen molar-refractivity contribution < 1.29 is 4.74 Å². The molecule has 0 fully saturated rings. The molecule has 2 heteroatoms. The van der Waals surface area contributed by atoms with Crippen LogP contribution in [-0.2, 0) is 17.9 Å². The highest BCUT2D eigenvalue weighted by Gasteiger charge is 2.10. The van der Waals surface area contributed by atoms with Crippen LogP contribution in [0.4, 0.5) is 0 Å². The molecule has 0 aliphatic carbocycles. The molecule has 1 aromatic carbocycles. The monoisotopic (exact) mass is 277 g/mol. The van der Waals surface area contributed by atoms with Gasteiger partial charge in [0.2, 0.25) is 0 Å². The molecule has 2 nitrogen and oxygen atoms in total. The van der Waals surface area contributed by atoms with Gasteiger partial charge in [0.1, 0.15) is 0 Å². The zero-order valence-electron chi connectivity index (χ0n) is 14.0. The van der Waals surface area contributed by atoms with Gasteiger partial charge >= 0.3 is 0 Å². The van der Waals surface area contributed by atoms with Crippen molar-refractivity contribution in [1.29, 1.82) is 0 Å². The lowest BCUT2D eigenvalue weighted by Gasteiger charge is -2.20. The molecule has 0 radical (unpaired) electrons. The number of ether oxygens (including phenoxy) is 1. The second kappa shape index (κ2) is 7.24.